The number of rotatable bonds is 12. The Morgan fingerprint density at radius 1 is 0.949 bits per heavy atom. The van der Waals surface area contributed by atoms with Crippen LogP contribution in [0.2, 0.25) is 5.02 Å². The van der Waals surface area contributed by atoms with Gasteiger partial charge in [-0.05, 0) is 74.7 Å². The van der Waals surface area contributed by atoms with E-state index in [2.05, 4.69) is 5.32 Å². The van der Waals surface area contributed by atoms with E-state index in [0.717, 1.165) is 33.8 Å². The van der Waals surface area contributed by atoms with Gasteiger partial charge in [0.25, 0.3) is 10.0 Å². The molecule has 7 nitrogen and oxygen atoms in total. The second kappa shape index (κ2) is 13.6. The molecule has 0 heterocycles. The molecular formula is C30H36ClN3O4S. The molecule has 0 aliphatic heterocycles. The van der Waals surface area contributed by atoms with Crippen LogP contribution in [0.15, 0.2) is 77.7 Å². The number of sulfonamides is 1. The van der Waals surface area contributed by atoms with Crippen molar-refractivity contribution in [2.75, 3.05) is 17.4 Å². The van der Waals surface area contributed by atoms with Gasteiger partial charge >= 0.3 is 0 Å². The normalized spacial score (nSPS) is 12.0. The first-order chi connectivity index (χ1) is 18.5. The average Bonchev–Trinajstić information content (AvgIpc) is 2.90. The number of halogens is 1. The third-order valence-corrected chi connectivity index (χ3v) is 8.44. The molecule has 0 radical (unpaired) electrons. The van der Waals surface area contributed by atoms with Crippen LogP contribution in [0.25, 0.3) is 0 Å². The lowest BCUT2D eigenvalue weighted by molar-refractivity contribution is -0.139. The molecule has 208 valence electrons. The highest BCUT2D eigenvalue weighted by molar-refractivity contribution is 7.92. The largest absolute Gasteiger partial charge is 0.354 e. The van der Waals surface area contributed by atoms with Crippen molar-refractivity contribution in [1.82, 2.24) is 10.2 Å². The third kappa shape index (κ3) is 8.07. The zero-order chi connectivity index (χ0) is 28.6. The Morgan fingerprint density at radius 2 is 1.64 bits per heavy atom. The van der Waals surface area contributed by atoms with E-state index in [-0.39, 0.29) is 17.3 Å². The van der Waals surface area contributed by atoms with E-state index in [9.17, 15) is 18.0 Å². The van der Waals surface area contributed by atoms with Crippen molar-refractivity contribution >= 4 is 39.1 Å². The van der Waals surface area contributed by atoms with Crippen molar-refractivity contribution in [3.05, 3.63) is 94.5 Å². The SMILES string of the molecule is CCCCNC(=O)[C@@H](C)N(Cc1cccc(Cl)c1)C(=O)CN(c1cccc(C)c1)S(=O)(=O)c1ccc(C)cc1. The van der Waals surface area contributed by atoms with E-state index in [4.69, 9.17) is 11.6 Å². The van der Waals surface area contributed by atoms with Crippen molar-refractivity contribution in [2.45, 2.75) is 58.0 Å². The zero-order valence-corrected chi connectivity index (χ0v) is 24.4. The molecule has 0 saturated heterocycles. The van der Waals surface area contributed by atoms with Gasteiger partial charge < -0.3 is 10.2 Å². The number of carbonyl (C=O) groups excluding carboxylic acids is 2. The number of hydrogen-bond acceptors (Lipinski definition) is 4. The molecule has 9 heteroatoms. The molecule has 0 bridgehead atoms. The van der Waals surface area contributed by atoms with Crippen LogP contribution >= 0.6 is 11.6 Å². The standard InChI is InChI=1S/C30H36ClN3O4S/c1-5-6-17-32-30(36)24(4)33(20-25-10-8-11-26(31)19-25)29(35)21-34(27-12-7-9-23(3)18-27)39(37,38)28-15-13-22(2)14-16-28/h7-16,18-19,24H,5-6,17,20-21H2,1-4H3,(H,32,36)/t24-/m1/s1. The molecule has 0 aliphatic carbocycles. The number of amides is 2. The van der Waals surface area contributed by atoms with Crippen LogP contribution in [0.5, 0.6) is 0 Å². The third-order valence-electron chi connectivity index (χ3n) is 6.42. The molecule has 1 atom stereocenters. The van der Waals surface area contributed by atoms with E-state index < -0.39 is 28.5 Å². The number of aryl methyl sites for hydroxylation is 2. The molecule has 1 N–H and O–H groups in total. The molecule has 3 aromatic rings. The van der Waals surface area contributed by atoms with Crippen molar-refractivity contribution in [3.8, 4) is 0 Å². The van der Waals surface area contributed by atoms with Gasteiger partial charge in [0.15, 0.2) is 0 Å². The van der Waals surface area contributed by atoms with Crippen LogP contribution < -0.4 is 9.62 Å². The van der Waals surface area contributed by atoms with Gasteiger partial charge in [-0.15, -0.1) is 0 Å². The molecule has 2 amide bonds. The highest BCUT2D eigenvalue weighted by Crippen LogP contribution is 2.26. The monoisotopic (exact) mass is 569 g/mol. The molecule has 0 unspecified atom stereocenters. The number of anilines is 1. The lowest BCUT2D eigenvalue weighted by Gasteiger charge is -2.32. The van der Waals surface area contributed by atoms with Gasteiger partial charge in [0.2, 0.25) is 11.8 Å². The first-order valence-electron chi connectivity index (χ1n) is 13.0. The summed E-state index contributed by atoms with van der Waals surface area (Å²) in [5.74, 6) is -0.812. The summed E-state index contributed by atoms with van der Waals surface area (Å²) < 4.78 is 28.8. The molecule has 0 aromatic heterocycles. The maximum atomic E-state index is 13.9. The Hall–Kier alpha value is -3.36. The second-order valence-electron chi connectivity index (χ2n) is 9.64. The van der Waals surface area contributed by atoms with Crippen LogP contribution in [-0.4, -0.2) is 44.3 Å². The Bertz CT molecular complexity index is 1390. The minimum absolute atomic E-state index is 0.0779. The van der Waals surface area contributed by atoms with Gasteiger partial charge in [-0.2, -0.15) is 0 Å². The summed E-state index contributed by atoms with van der Waals surface area (Å²) in [6.45, 7) is 7.51. The lowest BCUT2D eigenvalue weighted by Crippen LogP contribution is -2.51. The molecule has 0 spiro atoms. The van der Waals surface area contributed by atoms with E-state index >= 15 is 0 Å². The minimum Gasteiger partial charge on any atom is -0.354 e. The quantitative estimate of drug-likeness (QED) is 0.292. The number of nitrogens with one attached hydrogen (secondary N) is 1. The van der Waals surface area contributed by atoms with Crippen molar-refractivity contribution in [1.29, 1.82) is 0 Å². The Kier molecular flexibility index (Phi) is 10.5. The highest BCUT2D eigenvalue weighted by Gasteiger charge is 2.32. The maximum Gasteiger partial charge on any atom is 0.264 e. The molecule has 0 aliphatic rings. The van der Waals surface area contributed by atoms with Gasteiger partial charge in [-0.3, -0.25) is 13.9 Å². The summed E-state index contributed by atoms with van der Waals surface area (Å²) in [7, 11) is -4.10. The summed E-state index contributed by atoms with van der Waals surface area (Å²) in [5, 5.41) is 3.38. The number of carbonyl (C=O) groups is 2. The molecule has 3 rings (SSSR count). The Balaban J connectivity index is 2.00. The first kappa shape index (κ1) is 30.2. The van der Waals surface area contributed by atoms with E-state index in [0.29, 0.717) is 17.3 Å². The smallest absolute Gasteiger partial charge is 0.264 e. The topological polar surface area (TPSA) is 86.8 Å². The predicted molar refractivity (Wildman–Crippen MR) is 156 cm³/mol. The number of hydrogen-bond donors (Lipinski definition) is 1. The summed E-state index contributed by atoms with van der Waals surface area (Å²) in [6.07, 6.45) is 1.73. The fraction of sp³-hybridized carbons (Fsp3) is 0.333. The molecule has 0 saturated carbocycles. The molecular weight excluding hydrogens is 534 g/mol. The van der Waals surface area contributed by atoms with Gasteiger partial charge in [0.1, 0.15) is 12.6 Å². The van der Waals surface area contributed by atoms with Crippen molar-refractivity contribution < 1.29 is 18.0 Å². The minimum atomic E-state index is -4.10. The van der Waals surface area contributed by atoms with Gasteiger partial charge in [-0.1, -0.05) is 66.9 Å². The molecule has 39 heavy (non-hydrogen) atoms. The number of unbranched alkanes of at least 4 members (excludes halogenated alkanes) is 1. The van der Waals surface area contributed by atoms with Crippen molar-refractivity contribution in [3.63, 3.8) is 0 Å². The number of benzene rings is 3. The maximum absolute atomic E-state index is 13.9. The fourth-order valence-electron chi connectivity index (χ4n) is 4.10. The van der Waals surface area contributed by atoms with Gasteiger partial charge in [0, 0.05) is 18.1 Å². The van der Waals surface area contributed by atoms with Crippen LogP contribution in [0.1, 0.15) is 43.4 Å². The Morgan fingerprint density at radius 3 is 2.28 bits per heavy atom. The lowest BCUT2D eigenvalue weighted by atomic mass is 10.1. The fourth-order valence-corrected chi connectivity index (χ4v) is 5.72. The van der Waals surface area contributed by atoms with Crippen LogP contribution in [-0.2, 0) is 26.2 Å². The van der Waals surface area contributed by atoms with Crippen LogP contribution in [0.4, 0.5) is 5.69 Å². The summed E-state index contributed by atoms with van der Waals surface area (Å²) in [4.78, 5) is 28.4. The van der Waals surface area contributed by atoms with Crippen molar-refractivity contribution in [2.24, 2.45) is 0 Å². The molecule has 3 aromatic carbocycles. The second-order valence-corrected chi connectivity index (χ2v) is 11.9. The van der Waals surface area contributed by atoms with E-state index in [1.54, 1.807) is 55.5 Å². The first-order valence-corrected chi connectivity index (χ1v) is 14.8. The Labute approximate surface area is 236 Å². The van der Waals surface area contributed by atoms with E-state index in [1.165, 1.54) is 17.0 Å². The highest BCUT2D eigenvalue weighted by atomic mass is 35.5. The van der Waals surface area contributed by atoms with Gasteiger partial charge in [-0.25, -0.2) is 8.42 Å². The van der Waals surface area contributed by atoms with E-state index in [1.807, 2.05) is 32.9 Å². The van der Waals surface area contributed by atoms with Crippen LogP contribution in [0.3, 0.4) is 0 Å². The summed E-state index contributed by atoms with van der Waals surface area (Å²) in [5.41, 5.74) is 2.87. The summed E-state index contributed by atoms with van der Waals surface area (Å²) in [6, 6.07) is 19.7. The zero-order valence-electron chi connectivity index (χ0n) is 22.9. The molecule has 0 fully saturated rings. The van der Waals surface area contributed by atoms with Gasteiger partial charge in [0.05, 0.1) is 10.6 Å². The van der Waals surface area contributed by atoms with Crippen LogP contribution in [0, 0.1) is 13.8 Å². The summed E-state index contributed by atoms with van der Waals surface area (Å²) >= 11 is 6.18. The average molecular weight is 570 g/mol. The predicted octanol–water partition coefficient (Wildman–Crippen LogP) is 5.49. The number of nitrogens with zero attached hydrogens (tertiary/aromatic N) is 2.